The number of hydrogen-bond acceptors (Lipinski definition) is 3. The van der Waals surface area contributed by atoms with E-state index >= 15 is 0 Å². The molecule has 4 rings (SSSR count). The van der Waals surface area contributed by atoms with Crippen LogP contribution in [0.1, 0.15) is 18.1 Å². The molecule has 26 heavy (non-hydrogen) atoms. The molecule has 1 saturated heterocycles. The molecule has 0 amide bonds. The van der Waals surface area contributed by atoms with E-state index in [-0.39, 0.29) is 5.82 Å². The monoisotopic (exact) mass is 351 g/mol. The SMILES string of the molecule is CC1(c2cccc(-c3ccncc3)c2F)OCCO1.Cc1ccccc1. The van der Waals surface area contributed by atoms with Crippen LogP contribution in [-0.4, -0.2) is 18.2 Å². The van der Waals surface area contributed by atoms with E-state index in [2.05, 4.69) is 24.0 Å². The molecule has 1 aromatic heterocycles. The highest BCUT2D eigenvalue weighted by molar-refractivity contribution is 5.64. The summed E-state index contributed by atoms with van der Waals surface area (Å²) in [6.07, 6.45) is 3.29. The number of hydrogen-bond donors (Lipinski definition) is 0. The molecule has 0 N–H and O–H groups in total. The second-order valence-corrected chi connectivity index (χ2v) is 6.20. The Morgan fingerprint density at radius 2 is 1.54 bits per heavy atom. The first-order chi connectivity index (χ1) is 12.6. The van der Waals surface area contributed by atoms with Crippen LogP contribution in [0.3, 0.4) is 0 Å². The zero-order chi connectivity index (χ0) is 18.4. The summed E-state index contributed by atoms with van der Waals surface area (Å²) in [4.78, 5) is 3.94. The summed E-state index contributed by atoms with van der Waals surface area (Å²) in [6, 6.07) is 19.1. The van der Waals surface area contributed by atoms with Crippen molar-refractivity contribution in [3.63, 3.8) is 0 Å². The Morgan fingerprint density at radius 1 is 0.885 bits per heavy atom. The highest BCUT2D eigenvalue weighted by Gasteiger charge is 2.36. The van der Waals surface area contributed by atoms with E-state index in [1.54, 1.807) is 43.6 Å². The lowest BCUT2D eigenvalue weighted by Crippen LogP contribution is -2.24. The number of benzene rings is 2. The third-order valence-corrected chi connectivity index (χ3v) is 4.26. The van der Waals surface area contributed by atoms with Gasteiger partial charge >= 0.3 is 0 Å². The van der Waals surface area contributed by atoms with E-state index in [9.17, 15) is 4.39 Å². The number of nitrogens with zero attached hydrogens (tertiary/aromatic N) is 1. The number of aromatic nitrogens is 1. The van der Waals surface area contributed by atoms with Gasteiger partial charge in [0, 0.05) is 23.5 Å². The zero-order valence-corrected chi connectivity index (χ0v) is 15.0. The van der Waals surface area contributed by atoms with E-state index in [4.69, 9.17) is 9.47 Å². The van der Waals surface area contributed by atoms with Gasteiger partial charge in [-0.25, -0.2) is 4.39 Å². The van der Waals surface area contributed by atoms with Gasteiger partial charge in [0.05, 0.1) is 13.2 Å². The van der Waals surface area contributed by atoms with Gasteiger partial charge in [-0.15, -0.1) is 0 Å². The second kappa shape index (κ2) is 8.21. The first-order valence-corrected chi connectivity index (χ1v) is 8.59. The normalized spacial score (nSPS) is 15.2. The van der Waals surface area contributed by atoms with Crippen LogP contribution in [0.25, 0.3) is 11.1 Å². The van der Waals surface area contributed by atoms with E-state index in [0.717, 1.165) is 5.56 Å². The number of aryl methyl sites for hydroxylation is 1. The summed E-state index contributed by atoms with van der Waals surface area (Å²) >= 11 is 0. The van der Waals surface area contributed by atoms with Crippen molar-refractivity contribution >= 4 is 0 Å². The maximum Gasteiger partial charge on any atom is 0.194 e. The lowest BCUT2D eigenvalue weighted by molar-refractivity contribution is -0.151. The highest BCUT2D eigenvalue weighted by Crippen LogP contribution is 2.35. The van der Waals surface area contributed by atoms with Crippen molar-refractivity contribution in [2.24, 2.45) is 0 Å². The maximum atomic E-state index is 14.7. The Labute approximate surface area is 153 Å². The fourth-order valence-electron chi connectivity index (χ4n) is 2.84. The van der Waals surface area contributed by atoms with Crippen LogP contribution < -0.4 is 0 Å². The van der Waals surface area contributed by atoms with Crippen LogP contribution in [0.2, 0.25) is 0 Å². The minimum atomic E-state index is -0.993. The molecule has 0 unspecified atom stereocenters. The molecule has 0 saturated carbocycles. The predicted molar refractivity (Wildman–Crippen MR) is 100 cm³/mol. The molecule has 2 heterocycles. The Balaban J connectivity index is 0.000000236. The van der Waals surface area contributed by atoms with Gasteiger partial charge in [-0.3, -0.25) is 4.98 Å². The molecule has 2 aromatic carbocycles. The van der Waals surface area contributed by atoms with Crippen molar-refractivity contribution in [2.75, 3.05) is 13.2 Å². The molecule has 1 fully saturated rings. The van der Waals surface area contributed by atoms with Crippen LogP contribution in [-0.2, 0) is 15.3 Å². The molecule has 0 atom stereocenters. The van der Waals surface area contributed by atoms with Gasteiger partial charge in [-0.1, -0.05) is 54.1 Å². The average molecular weight is 351 g/mol. The van der Waals surface area contributed by atoms with Gasteiger partial charge in [0.25, 0.3) is 0 Å². The molecule has 1 aliphatic heterocycles. The van der Waals surface area contributed by atoms with Gasteiger partial charge in [-0.05, 0) is 31.5 Å². The fourth-order valence-corrected chi connectivity index (χ4v) is 2.84. The maximum absolute atomic E-state index is 14.7. The van der Waals surface area contributed by atoms with Crippen molar-refractivity contribution in [1.29, 1.82) is 0 Å². The van der Waals surface area contributed by atoms with E-state index in [0.29, 0.717) is 24.3 Å². The molecule has 3 aromatic rings. The molecule has 0 bridgehead atoms. The molecule has 134 valence electrons. The standard InChI is InChI=1S/C15H14FNO2.C7H8/c1-15(18-9-10-19-15)13-4-2-3-12(14(13)16)11-5-7-17-8-6-11;1-7-5-3-2-4-6-7/h2-8H,9-10H2,1H3;2-6H,1H3. The van der Waals surface area contributed by atoms with Gasteiger partial charge in [0.1, 0.15) is 5.82 Å². The van der Waals surface area contributed by atoms with Crippen LogP contribution in [0.4, 0.5) is 4.39 Å². The molecule has 0 spiro atoms. The van der Waals surface area contributed by atoms with Crippen molar-refractivity contribution in [3.8, 4) is 11.1 Å². The summed E-state index contributed by atoms with van der Waals surface area (Å²) in [5, 5.41) is 0. The molecule has 0 radical (unpaired) electrons. The molecular weight excluding hydrogens is 329 g/mol. The van der Waals surface area contributed by atoms with Crippen LogP contribution in [0, 0.1) is 12.7 Å². The minimum Gasteiger partial charge on any atom is -0.344 e. The summed E-state index contributed by atoms with van der Waals surface area (Å²) < 4.78 is 25.7. The predicted octanol–water partition coefficient (Wildman–Crippen LogP) is 5.10. The van der Waals surface area contributed by atoms with Crippen molar-refractivity contribution in [1.82, 2.24) is 4.98 Å². The largest absolute Gasteiger partial charge is 0.344 e. The quantitative estimate of drug-likeness (QED) is 0.643. The zero-order valence-electron chi connectivity index (χ0n) is 15.0. The molecular formula is C22H22FNO2. The summed E-state index contributed by atoms with van der Waals surface area (Å²) in [5.74, 6) is -1.30. The summed E-state index contributed by atoms with van der Waals surface area (Å²) in [5.41, 5.74) is 3.07. The first-order valence-electron chi connectivity index (χ1n) is 8.59. The lowest BCUT2D eigenvalue weighted by atomic mass is 9.99. The van der Waals surface area contributed by atoms with E-state index in [1.807, 2.05) is 24.3 Å². The first kappa shape index (κ1) is 18.2. The molecule has 3 nitrogen and oxygen atoms in total. The molecule has 0 aliphatic carbocycles. The van der Waals surface area contributed by atoms with E-state index < -0.39 is 5.79 Å². The Kier molecular flexibility index (Phi) is 5.76. The van der Waals surface area contributed by atoms with Gasteiger partial charge in [-0.2, -0.15) is 0 Å². The fraction of sp³-hybridized carbons (Fsp3) is 0.227. The van der Waals surface area contributed by atoms with E-state index in [1.165, 1.54) is 5.56 Å². The van der Waals surface area contributed by atoms with Crippen molar-refractivity contribution in [3.05, 3.63) is 90.0 Å². The van der Waals surface area contributed by atoms with Crippen LogP contribution in [0.15, 0.2) is 73.1 Å². The third-order valence-electron chi connectivity index (χ3n) is 4.26. The van der Waals surface area contributed by atoms with Crippen LogP contribution in [0.5, 0.6) is 0 Å². The molecule has 4 heteroatoms. The number of ether oxygens (including phenoxy) is 2. The minimum absolute atomic E-state index is 0.307. The number of halogens is 1. The summed E-state index contributed by atoms with van der Waals surface area (Å²) in [7, 11) is 0. The number of rotatable bonds is 2. The smallest absolute Gasteiger partial charge is 0.194 e. The Bertz CT molecular complexity index is 831. The Morgan fingerprint density at radius 3 is 2.12 bits per heavy atom. The van der Waals surface area contributed by atoms with Gasteiger partial charge < -0.3 is 9.47 Å². The third kappa shape index (κ3) is 4.15. The van der Waals surface area contributed by atoms with Crippen LogP contribution >= 0.6 is 0 Å². The van der Waals surface area contributed by atoms with Gasteiger partial charge in [0.2, 0.25) is 0 Å². The molecule has 1 aliphatic rings. The Hall–Kier alpha value is -2.56. The summed E-state index contributed by atoms with van der Waals surface area (Å²) in [6.45, 7) is 4.79. The average Bonchev–Trinajstić information content (AvgIpc) is 3.11. The lowest BCUT2D eigenvalue weighted by Gasteiger charge is -2.24. The van der Waals surface area contributed by atoms with Crippen molar-refractivity contribution in [2.45, 2.75) is 19.6 Å². The van der Waals surface area contributed by atoms with Crippen molar-refractivity contribution < 1.29 is 13.9 Å². The second-order valence-electron chi connectivity index (χ2n) is 6.20. The topological polar surface area (TPSA) is 31.4 Å². The number of pyridine rings is 1. The van der Waals surface area contributed by atoms with Gasteiger partial charge in [0.15, 0.2) is 5.79 Å². The highest BCUT2D eigenvalue weighted by atomic mass is 19.1.